The molecule has 2 aliphatic rings. The van der Waals surface area contributed by atoms with Crippen molar-refractivity contribution in [1.82, 2.24) is 15.0 Å². The molecule has 0 radical (unpaired) electrons. The molecule has 0 aromatic carbocycles. The molecular formula is C14H19Cl2N5S. The second-order valence-electron chi connectivity index (χ2n) is 5.70. The summed E-state index contributed by atoms with van der Waals surface area (Å²) < 4.78 is 0. The lowest BCUT2D eigenvalue weighted by molar-refractivity contribution is 0.344. The third kappa shape index (κ3) is 3.20. The maximum atomic E-state index is 5.85. The first-order valence-electron chi connectivity index (χ1n) is 7.01. The Hall–Kier alpha value is -0.950. The number of aromatic nitrogens is 3. The molecule has 1 saturated carbocycles. The lowest BCUT2D eigenvalue weighted by atomic mass is 9.78. The molecule has 2 fully saturated rings. The summed E-state index contributed by atoms with van der Waals surface area (Å²) in [6.07, 6.45) is 5.67. The van der Waals surface area contributed by atoms with E-state index in [9.17, 15) is 0 Å². The van der Waals surface area contributed by atoms with Gasteiger partial charge in [0.15, 0.2) is 0 Å². The summed E-state index contributed by atoms with van der Waals surface area (Å²) in [6, 6.07) is 2.49. The van der Waals surface area contributed by atoms with Crippen LogP contribution in [0.4, 0.5) is 5.82 Å². The third-order valence-electron chi connectivity index (χ3n) is 4.27. The first kappa shape index (κ1) is 17.4. The first-order valence-corrected chi connectivity index (χ1v) is 7.89. The standard InChI is InChI=1S/C14H17N5S.2ClH/c15-11-3-9(4-11)12-5-13(18-8-17-12)19-6-10(7-19)14-16-1-2-20-14;;/h1-2,5,8-11H,3-4,6-7,15H2;2*1H. The van der Waals surface area contributed by atoms with Crippen LogP contribution in [0.3, 0.4) is 0 Å². The maximum Gasteiger partial charge on any atom is 0.132 e. The molecule has 3 heterocycles. The van der Waals surface area contributed by atoms with E-state index in [0.717, 1.165) is 37.4 Å². The van der Waals surface area contributed by atoms with E-state index in [1.165, 1.54) is 5.01 Å². The molecule has 8 heteroatoms. The Morgan fingerprint density at radius 1 is 1.09 bits per heavy atom. The van der Waals surface area contributed by atoms with Crippen LogP contribution in [0.25, 0.3) is 0 Å². The Kier molecular flexibility index (Phi) is 5.60. The highest BCUT2D eigenvalue weighted by Crippen LogP contribution is 2.37. The van der Waals surface area contributed by atoms with Crippen LogP contribution in [0.15, 0.2) is 24.0 Å². The fourth-order valence-electron chi connectivity index (χ4n) is 2.92. The summed E-state index contributed by atoms with van der Waals surface area (Å²) in [4.78, 5) is 15.5. The maximum absolute atomic E-state index is 5.85. The SMILES string of the molecule is Cl.Cl.NC1CC(c2cc(N3CC(c4nccs4)C3)ncn2)C1. The van der Waals surface area contributed by atoms with Gasteiger partial charge in [-0.15, -0.1) is 36.2 Å². The predicted molar refractivity (Wildman–Crippen MR) is 93.5 cm³/mol. The fraction of sp³-hybridized carbons (Fsp3) is 0.500. The van der Waals surface area contributed by atoms with E-state index in [-0.39, 0.29) is 24.8 Å². The van der Waals surface area contributed by atoms with Gasteiger partial charge < -0.3 is 10.6 Å². The largest absolute Gasteiger partial charge is 0.355 e. The molecular weight excluding hydrogens is 341 g/mol. The zero-order valence-corrected chi connectivity index (χ0v) is 14.4. The van der Waals surface area contributed by atoms with Crippen molar-refractivity contribution in [3.63, 3.8) is 0 Å². The van der Waals surface area contributed by atoms with Crippen molar-refractivity contribution in [2.24, 2.45) is 5.73 Å². The van der Waals surface area contributed by atoms with Crippen molar-refractivity contribution >= 4 is 42.0 Å². The van der Waals surface area contributed by atoms with Crippen LogP contribution in [-0.4, -0.2) is 34.1 Å². The van der Waals surface area contributed by atoms with Crippen molar-refractivity contribution in [3.05, 3.63) is 34.7 Å². The molecule has 120 valence electrons. The summed E-state index contributed by atoms with van der Waals surface area (Å²) in [5.74, 6) is 2.14. The molecule has 1 aliphatic carbocycles. The zero-order chi connectivity index (χ0) is 13.5. The van der Waals surface area contributed by atoms with E-state index in [1.807, 2.05) is 11.6 Å². The molecule has 0 amide bonds. The number of anilines is 1. The second kappa shape index (κ2) is 7.08. The van der Waals surface area contributed by atoms with Gasteiger partial charge in [-0.25, -0.2) is 15.0 Å². The molecule has 2 aromatic heterocycles. The van der Waals surface area contributed by atoms with E-state index >= 15 is 0 Å². The van der Waals surface area contributed by atoms with Crippen molar-refractivity contribution < 1.29 is 0 Å². The zero-order valence-electron chi connectivity index (χ0n) is 12.0. The van der Waals surface area contributed by atoms with Crippen molar-refractivity contribution in [2.75, 3.05) is 18.0 Å². The van der Waals surface area contributed by atoms with Gasteiger partial charge in [-0.3, -0.25) is 0 Å². The molecule has 0 bridgehead atoms. The minimum absolute atomic E-state index is 0. The Bertz CT molecular complexity index is 597. The van der Waals surface area contributed by atoms with Crippen LogP contribution in [0, 0.1) is 0 Å². The lowest BCUT2D eigenvalue weighted by Gasteiger charge is -2.39. The molecule has 1 saturated heterocycles. The fourth-order valence-corrected chi connectivity index (χ4v) is 3.64. The predicted octanol–water partition coefficient (Wildman–Crippen LogP) is 2.59. The van der Waals surface area contributed by atoms with E-state index in [1.54, 1.807) is 17.7 Å². The third-order valence-corrected chi connectivity index (χ3v) is 5.21. The number of nitrogens with two attached hydrogens (primary N) is 1. The highest BCUT2D eigenvalue weighted by atomic mass is 35.5. The van der Waals surface area contributed by atoms with Gasteiger partial charge >= 0.3 is 0 Å². The van der Waals surface area contributed by atoms with Gasteiger partial charge in [0.05, 0.1) is 5.01 Å². The van der Waals surface area contributed by atoms with Gasteiger partial charge in [-0.1, -0.05) is 0 Å². The Labute approximate surface area is 146 Å². The number of nitrogens with zero attached hydrogens (tertiary/aromatic N) is 4. The molecule has 0 unspecified atom stereocenters. The molecule has 2 N–H and O–H groups in total. The monoisotopic (exact) mass is 359 g/mol. The molecule has 2 aromatic rings. The van der Waals surface area contributed by atoms with Crippen LogP contribution in [0.1, 0.15) is 35.4 Å². The average Bonchev–Trinajstić information content (AvgIpc) is 2.87. The quantitative estimate of drug-likeness (QED) is 0.911. The van der Waals surface area contributed by atoms with Crippen LogP contribution >= 0.6 is 36.2 Å². The highest BCUT2D eigenvalue weighted by Gasteiger charge is 2.32. The van der Waals surface area contributed by atoms with Crippen LogP contribution in [-0.2, 0) is 0 Å². The average molecular weight is 360 g/mol. The van der Waals surface area contributed by atoms with Gasteiger partial charge in [0.2, 0.25) is 0 Å². The lowest BCUT2D eigenvalue weighted by Crippen LogP contribution is -2.45. The molecule has 0 atom stereocenters. The van der Waals surface area contributed by atoms with Gasteiger partial charge in [0.25, 0.3) is 0 Å². The van der Waals surface area contributed by atoms with E-state index in [2.05, 4.69) is 25.9 Å². The molecule has 22 heavy (non-hydrogen) atoms. The second-order valence-corrected chi connectivity index (χ2v) is 6.63. The van der Waals surface area contributed by atoms with Crippen LogP contribution in [0.5, 0.6) is 0 Å². The summed E-state index contributed by atoms with van der Waals surface area (Å²) in [5, 5.41) is 3.28. The van der Waals surface area contributed by atoms with Gasteiger partial charge in [-0.2, -0.15) is 0 Å². The van der Waals surface area contributed by atoms with Crippen LogP contribution < -0.4 is 10.6 Å². The van der Waals surface area contributed by atoms with Crippen LogP contribution in [0.2, 0.25) is 0 Å². The number of hydrogen-bond donors (Lipinski definition) is 1. The smallest absolute Gasteiger partial charge is 0.132 e. The number of halogens is 2. The molecule has 4 rings (SSSR count). The minimum atomic E-state index is 0. The summed E-state index contributed by atoms with van der Waals surface area (Å²) >= 11 is 1.74. The minimum Gasteiger partial charge on any atom is -0.355 e. The summed E-state index contributed by atoms with van der Waals surface area (Å²) in [5.41, 5.74) is 7.00. The first-order chi connectivity index (χ1) is 9.79. The highest BCUT2D eigenvalue weighted by molar-refractivity contribution is 7.09. The number of rotatable bonds is 3. The van der Waals surface area contributed by atoms with Gasteiger partial charge in [0, 0.05) is 54.3 Å². The summed E-state index contributed by atoms with van der Waals surface area (Å²) in [7, 11) is 0. The Balaban J connectivity index is 0.000000882. The number of thiazole rings is 1. The van der Waals surface area contributed by atoms with E-state index in [0.29, 0.717) is 17.9 Å². The summed E-state index contributed by atoms with van der Waals surface area (Å²) in [6.45, 7) is 2.02. The Morgan fingerprint density at radius 3 is 2.50 bits per heavy atom. The molecule has 1 aliphatic heterocycles. The van der Waals surface area contributed by atoms with Gasteiger partial charge in [0.1, 0.15) is 12.1 Å². The van der Waals surface area contributed by atoms with E-state index in [4.69, 9.17) is 5.73 Å². The Morgan fingerprint density at radius 2 is 1.86 bits per heavy atom. The van der Waals surface area contributed by atoms with Crippen molar-refractivity contribution in [2.45, 2.75) is 30.7 Å². The normalized spacial score (nSPS) is 23.8. The van der Waals surface area contributed by atoms with Crippen molar-refractivity contribution in [3.8, 4) is 0 Å². The molecule has 0 spiro atoms. The number of hydrogen-bond acceptors (Lipinski definition) is 6. The van der Waals surface area contributed by atoms with Gasteiger partial charge in [-0.05, 0) is 12.8 Å². The topological polar surface area (TPSA) is 67.9 Å². The molecule has 5 nitrogen and oxygen atoms in total. The van der Waals surface area contributed by atoms with Crippen molar-refractivity contribution in [1.29, 1.82) is 0 Å². The van der Waals surface area contributed by atoms with E-state index < -0.39 is 0 Å².